The molecule has 0 radical (unpaired) electrons. The lowest BCUT2D eigenvalue weighted by molar-refractivity contribution is -0.139. The van der Waals surface area contributed by atoms with E-state index in [1.807, 2.05) is 18.9 Å². The first kappa shape index (κ1) is 9.98. The maximum Gasteiger partial charge on any atom is 0.320 e. The SMILES string of the molecule is CN1C=NC[C@]1(C)C[C@@H](N)C(=O)O. The summed E-state index contributed by atoms with van der Waals surface area (Å²) < 4.78 is 0. The number of carboxylic acids is 1. The molecule has 0 aromatic rings. The number of aliphatic imine (C=N–C) groups is 1. The van der Waals surface area contributed by atoms with Crippen molar-refractivity contribution in [3.8, 4) is 0 Å². The average molecular weight is 185 g/mol. The van der Waals surface area contributed by atoms with Gasteiger partial charge in [0, 0.05) is 7.05 Å². The number of likely N-dealkylation sites (N-methyl/N-ethyl adjacent to an activating group) is 1. The van der Waals surface area contributed by atoms with Crippen LogP contribution in [-0.4, -0.2) is 47.5 Å². The normalized spacial score (nSPS) is 29.3. The van der Waals surface area contributed by atoms with Crippen LogP contribution in [0.25, 0.3) is 0 Å². The highest BCUT2D eigenvalue weighted by atomic mass is 16.4. The summed E-state index contributed by atoms with van der Waals surface area (Å²) in [6.45, 7) is 2.58. The van der Waals surface area contributed by atoms with Crippen LogP contribution in [0.4, 0.5) is 0 Å². The molecule has 1 aliphatic rings. The molecule has 0 unspecified atom stereocenters. The van der Waals surface area contributed by atoms with E-state index < -0.39 is 12.0 Å². The Morgan fingerprint density at radius 3 is 2.92 bits per heavy atom. The summed E-state index contributed by atoms with van der Waals surface area (Å²) in [5.41, 5.74) is 5.22. The topological polar surface area (TPSA) is 78.9 Å². The predicted molar refractivity (Wildman–Crippen MR) is 49.8 cm³/mol. The lowest BCUT2D eigenvalue weighted by Crippen LogP contribution is -2.48. The molecule has 1 rings (SSSR count). The van der Waals surface area contributed by atoms with Crippen molar-refractivity contribution in [1.82, 2.24) is 4.90 Å². The predicted octanol–water partition coefficient (Wildman–Crippen LogP) is -0.479. The summed E-state index contributed by atoms with van der Waals surface area (Å²) in [5, 5.41) is 8.66. The number of carbonyl (C=O) groups is 1. The molecule has 2 atom stereocenters. The fourth-order valence-electron chi connectivity index (χ4n) is 1.38. The fraction of sp³-hybridized carbons (Fsp3) is 0.750. The Morgan fingerprint density at radius 2 is 2.54 bits per heavy atom. The van der Waals surface area contributed by atoms with Gasteiger partial charge >= 0.3 is 5.97 Å². The summed E-state index contributed by atoms with van der Waals surface area (Å²) >= 11 is 0. The lowest BCUT2D eigenvalue weighted by Gasteiger charge is -2.32. The largest absolute Gasteiger partial charge is 0.480 e. The molecule has 0 spiro atoms. The monoisotopic (exact) mass is 185 g/mol. The van der Waals surface area contributed by atoms with E-state index in [1.54, 1.807) is 6.34 Å². The maximum atomic E-state index is 10.6. The summed E-state index contributed by atoms with van der Waals surface area (Å²) in [4.78, 5) is 16.5. The fourth-order valence-corrected chi connectivity index (χ4v) is 1.38. The van der Waals surface area contributed by atoms with Gasteiger partial charge in [-0.15, -0.1) is 0 Å². The Hall–Kier alpha value is -1.10. The standard InChI is InChI=1S/C8H15N3O2/c1-8(3-6(9)7(12)13)4-10-5-11(8)2/h5-6H,3-4,9H2,1-2H3,(H,12,13)/t6-,8+/m1/s1. The quantitative estimate of drug-likeness (QED) is 0.622. The zero-order chi connectivity index (χ0) is 10.1. The van der Waals surface area contributed by atoms with E-state index in [4.69, 9.17) is 10.8 Å². The van der Waals surface area contributed by atoms with Crippen LogP contribution >= 0.6 is 0 Å². The molecule has 0 saturated carbocycles. The van der Waals surface area contributed by atoms with Crippen molar-refractivity contribution in [2.75, 3.05) is 13.6 Å². The van der Waals surface area contributed by atoms with Gasteiger partial charge in [-0.05, 0) is 13.3 Å². The van der Waals surface area contributed by atoms with Crippen molar-refractivity contribution in [2.45, 2.75) is 24.9 Å². The summed E-state index contributed by atoms with van der Waals surface area (Å²) in [5.74, 6) is -0.957. The Morgan fingerprint density at radius 1 is 1.92 bits per heavy atom. The minimum Gasteiger partial charge on any atom is -0.480 e. The molecule has 0 aromatic heterocycles. The van der Waals surface area contributed by atoms with Crippen molar-refractivity contribution >= 4 is 12.3 Å². The van der Waals surface area contributed by atoms with E-state index in [1.165, 1.54) is 0 Å². The van der Waals surface area contributed by atoms with Crippen LogP contribution in [-0.2, 0) is 4.79 Å². The molecule has 1 aliphatic heterocycles. The number of hydrogen-bond acceptors (Lipinski definition) is 4. The van der Waals surface area contributed by atoms with Crippen LogP contribution in [0.15, 0.2) is 4.99 Å². The first-order valence-corrected chi connectivity index (χ1v) is 4.17. The molecule has 0 saturated heterocycles. The van der Waals surface area contributed by atoms with Gasteiger partial charge in [-0.2, -0.15) is 0 Å². The summed E-state index contributed by atoms with van der Waals surface area (Å²) in [7, 11) is 1.88. The van der Waals surface area contributed by atoms with Gasteiger partial charge in [-0.3, -0.25) is 9.79 Å². The third-order valence-electron chi connectivity index (χ3n) is 2.52. The van der Waals surface area contributed by atoms with E-state index in [-0.39, 0.29) is 5.54 Å². The van der Waals surface area contributed by atoms with E-state index in [2.05, 4.69) is 4.99 Å². The van der Waals surface area contributed by atoms with E-state index in [0.29, 0.717) is 13.0 Å². The van der Waals surface area contributed by atoms with Gasteiger partial charge in [0.2, 0.25) is 0 Å². The van der Waals surface area contributed by atoms with Crippen LogP contribution in [0.5, 0.6) is 0 Å². The maximum absolute atomic E-state index is 10.6. The van der Waals surface area contributed by atoms with Crippen molar-refractivity contribution in [3.05, 3.63) is 0 Å². The second kappa shape index (κ2) is 3.33. The van der Waals surface area contributed by atoms with E-state index in [0.717, 1.165) is 0 Å². The van der Waals surface area contributed by atoms with Crippen LogP contribution in [0.2, 0.25) is 0 Å². The second-order valence-corrected chi connectivity index (χ2v) is 3.71. The lowest BCUT2D eigenvalue weighted by atomic mass is 9.93. The Kier molecular flexibility index (Phi) is 2.56. The number of carboxylic acid groups (broad SMARTS) is 1. The second-order valence-electron chi connectivity index (χ2n) is 3.71. The molecule has 0 bridgehead atoms. The highest BCUT2D eigenvalue weighted by Gasteiger charge is 2.34. The smallest absolute Gasteiger partial charge is 0.320 e. The Bertz CT molecular complexity index is 242. The zero-order valence-corrected chi connectivity index (χ0v) is 7.90. The van der Waals surface area contributed by atoms with Gasteiger partial charge in [-0.1, -0.05) is 0 Å². The molecule has 3 N–H and O–H groups in total. The summed E-state index contributed by atoms with van der Waals surface area (Å²) in [6.07, 6.45) is 2.13. The molecule has 74 valence electrons. The minimum absolute atomic E-state index is 0.238. The van der Waals surface area contributed by atoms with Crippen LogP contribution in [0.1, 0.15) is 13.3 Å². The van der Waals surface area contributed by atoms with Crippen LogP contribution in [0, 0.1) is 0 Å². The van der Waals surface area contributed by atoms with Gasteiger partial charge in [0.25, 0.3) is 0 Å². The van der Waals surface area contributed by atoms with Gasteiger partial charge in [-0.25, -0.2) is 0 Å². The Labute approximate surface area is 77.2 Å². The number of rotatable bonds is 3. The third kappa shape index (κ3) is 1.98. The van der Waals surface area contributed by atoms with Crippen LogP contribution < -0.4 is 5.73 Å². The molecule has 13 heavy (non-hydrogen) atoms. The molecule has 5 heteroatoms. The highest BCUT2D eigenvalue weighted by molar-refractivity contribution is 5.73. The van der Waals surface area contributed by atoms with E-state index in [9.17, 15) is 4.79 Å². The molecule has 1 heterocycles. The first-order valence-electron chi connectivity index (χ1n) is 4.17. The molecule has 5 nitrogen and oxygen atoms in total. The molecule has 0 fully saturated rings. The van der Waals surface area contributed by atoms with Crippen molar-refractivity contribution in [1.29, 1.82) is 0 Å². The molecule has 0 aromatic carbocycles. The van der Waals surface area contributed by atoms with Crippen molar-refractivity contribution < 1.29 is 9.90 Å². The molecule has 0 aliphatic carbocycles. The average Bonchev–Trinajstić information content (AvgIpc) is 2.32. The van der Waals surface area contributed by atoms with Crippen molar-refractivity contribution in [3.63, 3.8) is 0 Å². The highest BCUT2D eigenvalue weighted by Crippen LogP contribution is 2.22. The number of nitrogens with zero attached hydrogens (tertiary/aromatic N) is 2. The number of nitrogens with two attached hydrogens (primary N) is 1. The van der Waals surface area contributed by atoms with Gasteiger partial charge in [0.05, 0.1) is 18.4 Å². The molecular weight excluding hydrogens is 170 g/mol. The van der Waals surface area contributed by atoms with Crippen molar-refractivity contribution in [2.24, 2.45) is 10.7 Å². The van der Waals surface area contributed by atoms with Crippen LogP contribution in [0.3, 0.4) is 0 Å². The third-order valence-corrected chi connectivity index (χ3v) is 2.52. The molecular formula is C8H15N3O2. The summed E-state index contributed by atoms with van der Waals surface area (Å²) in [6, 6.07) is -0.811. The number of aliphatic carboxylic acids is 1. The molecule has 0 amide bonds. The first-order chi connectivity index (χ1) is 5.96. The number of hydrogen-bond donors (Lipinski definition) is 2. The van der Waals surface area contributed by atoms with E-state index >= 15 is 0 Å². The van der Waals surface area contributed by atoms with Gasteiger partial charge in [0.1, 0.15) is 6.04 Å². The zero-order valence-electron chi connectivity index (χ0n) is 7.90. The Balaban J connectivity index is 2.58. The van der Waals surface area contributed by atoms with Gasteiger partial charge in [0.15, 0.2) is 0 Å². The van der Waals surface area contributed by atoms with Gasteiger partial charge < -0.3 is 15.7 Å². The minimum atomic E-state index is -0.957.